The summed E-state index contributed by atoms with van der Waals surface area (Å²) in [4.78, 5) is 14.9. The molecule has 4 aliphatic rings. The number of benzene rings is 2. The third kappa shape index (κ3) is 9.53. The molecule has 2 saturated carbocycles. The van der Waals surface area contributed by atoms with E-state index in [9.17, 15) is 44.3 Å². The zero-order valence-electron chi connectivity index (χ0n) is 35.0. The molecule has 0 aromatic heterocycles. The second-order valence-corrected chi connectivity index (χ2v) is 19.4. The van der Waals surface area contributed by atoms with Gasteiger partial charge in [-0.2, -0.15) is 39.5 Å². The molecule has 1 saturated heterocycles. The molecule has 6 rings (SSSR count). The Morgan fingerprint density at radius 1 is 0.883 bits per heavy atom. The number of alkyl halides is 9. The molecule has 1 unspecified atom stereocenters. The number of ether oxygens (including phenoxy) is 4. The molecule has 0 radical (unpaired) electrons. The Balaban J connectivity index is 0.974. The Hall–Kier alpha value is -2.50. The van der Waals surface area contributed by atoms with E-state index in [1.54, 1.807) is 26.5 Å². The Morgan fingerprint density at radius 2 is 1.60 bits per heavy atom. The van der Waals surface area contributed by atoms with Crippen molar-refractivity contribution in [1.29, 1.82) is 0 Å². The number of halogens is 9. The highest BCUT2D eigenvalue weighted by Crippen LogP contribution is 2.62. The average molecular weight is 901 g/mol. The maximum Gasteiger partial charge on any atom is 0.435 e. The molecule has 17 heteroatoms. The third-order valence-electron chi connectivity index (χ3n) is 13.1. The van der Waals surface area contributed by atoms with E-state index in [1.165, 1.54) is 11.1 Å². The summed E-state index contributed by atoms with van der Waals surface area (Å²) in [5, 5.41) is 0. The van der Waals surface area contributed by atoms with Crippen LogP contribution in [0.3, 0.4) is 0 Å². The zero-order chi connectivity index (χ0) is 44.4. The molecule has 6 nitrogen and oxygen atoms in total. The predicted molar refractivity (Wildman–Crippen MR) is 214 cm³/mol. The van der Waals surface area contributed by atoms with Crippen molar-refractivity contribution in [2.24, 2.45) is 17.3 Å². The van der Waals surface area contributed by atoms with E-state index in [-0.39, 0.29) is 37.0 Å². The number of amides is 1. The minimum atomic E-state index is -6.75. The van der Waals surface area contributed by atoms with Gasteiger partial charge in [-0.25, -0.2) is 4.79 Å². The molecule has 2 aromatic rings. The maximum absolute atomic E-state index is 13.2. The van der Waals surface area contributed by atoms with E-state index in [0.717, 1.165) is 85.3 Å². The first-order valence-electron chi connectivity index (χ1n) is 21.3. The molecule has 3 fully saturated rings. The van der Waals surface area contributed by atoms with Crippen LogP contribution >= 0.6 is 21.6 Å². The van der Waals surface area contributed by atoms with E-state index in [0.29, 0.717) is 37.2 Å². The highest BCUT2D eigenvalue weighted by molar-refractivity contribution is 8.76. The van der Waals surface area contributed by atoms with Gasteiger partial charge in [0.25, 0.3) is 0 Å². The first-order valence-corrected chi connectivity index (χ1v) is 23.0. The predicted octanol–water partition coefficient (Wildman–Crippen LogP) is 12.4. The lowest BCUT2D eigenvalue weighted by molar-refractivity contribution is -0.457. The van der Waals surface area contributed by atoms with Crippen molar-refractivity contribution in [2.45, 2.75) is 134 Å². The van der Waals surface area contributed by atoms with Gasteiger partial charge in [0.15, 0.2) is 0 Å². The largest absolute Gasteiger partial charge is 0.494 e. The summed E-state index contributed by atoms with van der Waals surface area (Å²) < 4.78 is 148. The fraction of sp³-hybridized carbons (Fsp3) is 0.698. The van der Waals surface area contributed by atoms with Crippen LogP contribution in [0.15, 0.2) is 30.3 Å². The summed E-state index contributed by atoms with van der Waals surface area (Å²) >= 11 is 0. The molecule has 2 aromatic carbocycles. The Kier molecular flexibility index (Phi) is 14.2. The second-order valence-electron chi connectivity index (χ2n) is 16.8. The number of carbonyl (C=O) groups excluding carboxylic acids is 1. The van der Waals surface area contributed by atoms with Gasteiger partial charge >= 0.3 is 30.2 Å². The molecular formula is C43H54F9NO5S2. The number of nitrogens with zero attached hydrogens (tertiary/aromatic N) is 1. The van der Waals surface area contributed by atoms with Crippen LogP contribution in [0.5, 0.6) is 11.5 Å². The van der Waals surface area contributed by atoms with E-state index in [2.05, 4.69) is 23.8 Å². The third-order valence-corrected chi connectivity index (χ3v) is 15.6. The zero-order valence-corrected chi connectivity index (χ0v) is 35.6. The van der Waals surface area contributed by atoms with E-state index in [1.807, 2.05) is 32.0 Å². The Labute approximate surface area is 355 Å². The van der Waals surface area contributed by atoms with Gasteiger partial charge in [0.1, 0.15) is 11.5 Å². The fourth-order valence-electron chi connectivity index (χ4n) is 10.2. The van der Waals surface area contributed by atoms with Crippen LogP contribution in [0.25, 0.3) is 0 Å². The number of hydrogen-bond acceptors (Lipinski definition) is 7. The van der Waals surface area contributed by atoms with Gasteiger partial charge in [0.2, 0.25) is 0 Å². The lowest BCUT2D eigenvalue weighted by Gasteiger charge is -2.50. The monoisotopic (exact) mass is 900 g/mol. The van der Waals surface area contributed by atoms with Crippen molar-refractivity contribution in [3.8, 4) is 11.5 Å². The standard InChI is InChI=1S/C43H54F9NO5S2/c1-5-53(30-16-21-59-60-25-30)38(54)58-37-26(2)22-28(23-27(37)3)8-6-18-55-31-10-12-32-29(24-31)9-11-34-33(32)15-17-39(4)35(34)13-14-36(39)56-19-7-20-57-40(41(44,45)46,42(47,48)49)43(50,51)52/h10,12,22-24,30,33-36H,5-9,11,13-21,25H2,1-4H3/t30?,33-,34-,35+,36+,39+/m1/s1/i1D. The van der Waals surface area contributed by atoms with Crippen molar-refractivity contribution in [3.05, 3.63) is 58.1 Å². The SMILES string of the molecule is [2H]CCN(C(=O)Oc1c(C)cc(CCCOc2ccc3c(c2)CC[C@@H]2[C@@H]3CC[C@]3(C)[C@@H](OCCCOC(C(F)(F)F)(C(F)(F)F)C(F)(F)F)CC[C@@H]23)cc1C)C1CCSSC1. The lowest BCUT2D eigenvalue weighted by atomic mass is 9.55. The highest BCUT2D eigenvalue weighted by atomic mass is 33.1. The second kappa shape index (κ2) is 18.7. The minimum Gasteiger partial charge on any atom is -0.494 e. The molecule has 1 aliphatic heterocycles. The molecule has 336 valence electrons. The maximum atomic E-state index is 13.2. The van der Waals surface area contributed by atoms with Crippen molar-refractivity contribution in [3.63, 3.8) is 0 Å². The smallest absolute Gasteiger partial charge is 0.435 e. The summed E-state index contributed by atoms with van der Waals surface area (Å²) in [6.45, 7) is 5.20. The molecule has 6 atom stereocenters. The molecule has 1 amide bonds. The highest BCUT2D eigenvalue weighted by Gasteiger charge is 2.85. The van der Waals surface area contributed by atoms with Crippen molar-refractivity contribution >= 4 is 27.7 Å². The molecular weight excluding hydrogens is 846 g/mol. The van der Waals surface area contributed by atoms with Crippen LogP contribution < -0.4 is 9.47 Å². The summed E-state index contributed by atoms with van der Waals surface area (Å²) in [5.41, 5.74) is -1.13. The summed E-state index contributed by atoms with van der Waals surface area (Å²) in [5.74, 6) is 4.11. The number of aryl methyl sites for hydroxylation is 4. The van der Waals surface area contributed by atoms with Crippen molar-refractivity contribution in [1.82, 2.24) is 4.90 Å². The van der Waals surface area contributed by atoms with Crippen LogP contribution in [0.4, 0.5) is 44.3 Å². The Morgan fingerprint density at radius 3 is 2.25 bits per heavy atom. The lowest BCUT2D eigenvalue weighted by Crippen LogP contribution is -2.67. The first-order chi connectivity index (χ1) is 28.7. The quantitative estimate of drug-likeness (QED) is 0.106. The average Bonchev–Trinajstić information content (AvgIpc) is 3.52. The van der Waals surface area contributed by atoms with Crippen molar-refractivity contribution < 1.29 is 64.6 Å². The van der Waals surface area contributed by atoms with E-state index < -0.39 is 43.3 Å². The van der Waals surface area contributed by atoms with Gasteiger partial charge in [0, 0.05) is 32.1 Å². The van der Waals surface area contributed by atoms with E-state index >= 15 is 0 Å². The Bertz CT molecular complexity index is 1770. The van der Waals surface area contributed by atoms with Crippen LogP contribution in [0.1, 0.15) is 100 Å². The first kappa shape index (κ1) is 45.5. The minimum absolute atomic E-state index is 0.0659. The molecule has 1 heterocycles. The molecule has 0 bridgehead atoms. The molecule has 3 aliphatic carbocycles. The van der Waals surface area contributed by atoms with Crippen LogP contribution in [0, 0.1) is 31.1 Å². The number of rotatable bonds is 14. The molecule has 60 heavy (non-hydrogen) atoms. The van der Waals surface area contributed by atoms with E-state index in [4.69, 9.17) is 15.6 Å². The summed E-state index contributed by atoms with van der Waals surface area (Å²) in [7, 11) is 3.55. The number of carbonyl (C=O) groups is 1. The van der Waals surface area contributed by atoms with Gasteiger partial charge < -0.3 is 23.8 Å². The van der Waals surface area contributed by atoms with Gasteiger partial charge in [-0.05, 0) is 148 Å². The van der Waals surface area contributed by atoms with Crippen LogP contribution in [0.2, 0.25) is 0 Å². The van der Waals surface area contributed by atoms with Gasteiger partial charge in [-0.3, -0.25) is 0 Å². The summed E-state index contributed by atoms with van der Waals surface area (Å²) in [6, 6.07) is 10.4. The van der Waals surface area contributed by atoms with Gasteiger partial charge in [0.05, 0.1) is 19.3 Å². The van der Waals surface area contributed by atoms with Gasteiger partial charge in [-0.15, -0.1) is 0 Å². The molecule has 0 spiro atoms. The summed E-state index contributed by atoms with van der Waals surface area (Å²) in [6.07, 6.45) is -14.2. The normalized spacial score (nSPS) is 26.1. The number of hydrogen-bond donors (Lipinski definition) is 0. The molecule has 0 N–H and O–H groups in total. The number of fused-ring (bicyclic) bond motifs is 5. The topological polar surface area (TPSA) is 57.2 Å². The van der Waals surface area contributed by atoms with Crippen LogP contribution in [-0.4, -0.2) is 85.1 Å². The fourth-order valence-corrected chi connectivity index (χ4v) is 12.7. The van der Waals surface area contributed by atoms with Crippen molar-refractivity contribution in [2.75, 3.05) is 37.9 Å². The van der Waals surface area contributed by atoms with Gasteiger partial charge in [-0.1, -0.05) is 46.7 Å². The van der Waals surface area contributed by atoms with Crippen LogP contribution in [-0.2, 0) is 22.3 Å².